The van der Waals surface area contributed by atoms with Gasteiger partial charge in [0.15, 0.2) is 5.82 Å². The second-order valence-corrected chi connectivity index (χ2v) is 4.99. The summed E-state index contributed by atoms with van der Waals surface area (Å²) in [5.41, 5.74) is 5.38. The maximum Gasteiger partial charge on any atom is 0.224 e. The molecule has 0 saturated carbocycles. The van der Waals surface area contributed by atoms with Crippen molar-refractivity contribution in [2.75, 3.05) is 29.9 Å². The largest absolute Gasteiger partial charge is 0.369 e. The van der Waals surface area contributed by atoms with E-state index < -0.39 is 0 Å². The predicted octanol–water partition coefficient (Wildman–Crippen LogP) is 1.26. The molecule has 7 heteroatoms. The molecule has 0 radical (unpaired) electrons. The molecule has 6 nitrogen and oxygen atoms in total. The number of amides is 1. The number of nitrogens with two attached hydrogens (primary N) is 1. The summed E-state index contributed by atoms with van der Waals surface area (Å²) in [6.45, 7) is 4.11. The molecule has 1 aromatic rings. The van der Waals surface area contributed by atoms with Crippen LogP contribution in [0, 0.1) is 5.92 Å². The standard InChI is InChI=1S/C12H18ClN5O/c1-2-15-12-16-6-9(13)11(17-12)18-5-3-4-8(7-18)10(14)19/h6,8H,2-5,7H2,1H3,(H2,14,19)(H,15,16,17). The molecule has 1 unspecified atom stereocenters. The molecule has 0 spiro atoms. The molecule has 19 heavy (non-hydrogen) atoms. The summed E-state index contributed by atoms with van der Waals surface area (Å²) >= 11 is 6.15. The highest BCUT2D eigenvalue weighted by Gasteiger charge is 2.26. The Morgan fingerprint density at radius 1 is 1.68 bits per heavy atom. The summed E-state index contributed by atoms with van der Waals surface area (Å²) in [5, 5.41) is 3.54. The molecular formula is C12H18ClN5O. The minimum atomic E-state index is -0.262. The lowest BCUT2D eigenvalue weighted by Crippen LogP contribution is -2.41. The molecule has 1 aliphatic heterocycles. The number of carbonyl (C=O) groups excluding carboxylic acids is 1. The summed E-state index contributed by atoms with van der Waals surface area (Å²) < 4.78 is 0. The summed E-state index contributed by atoms with van der Waals surface area (Å²) in [6.07, 6.45) is 3.31. The Hall–Kier alpha value is -1.56. The lowest BCUT2D eigenvalue weighted by Gasteiger charge is -2.32. The van der Waals surface area contributed by atoms with E-state index in [-0.39, 0.29) is 11.8 Å². The Labute approximate surface area is 117 Å². The van der Waals surface area contributed by atoms with Crippen LogP contribution in [0.4, 0.5) is 11.8 Å². The van der Waals surface area contributed by atoms with E-state index in [1.807, 2.05) is 11.8 Å². The van der Waals surface area contributed by atoms with Gasteiger partial charge in [-0.05, 0) is 19.8 Å². The number of anilines is 2. The van der Waals surface area contributed by atoms with Crippen molar-refractivity contribution in [2.24, 2.45) is 11.7 Å². The van der Waals surface area contributed by atoms with Gasteiger partial charge < -0.3 is 16.0 Å². The molecule has 1 aliphatic rings. The topological polar surface area (TPSA) is 84.1 Å². The molecule has 1 saturated heterocycles. The summed E-state index contributed by atoms with van der Waals surface area (Å²) in [7, 11) is 0. The van der Waals surface area contributed by atoms with E-state index in [1.54, 1.807) is 6.20 Å². The number of hydrogen-bond acceptors (Lipinski definition) is 5. The van der Waals surface area contributed by atoms with Gasteiger partial charge in [-0.25, -0.2) is 4.98 Å². The number of piperidine rings is 1. The van der Waals surface area contributed by atoms with Crippen molar-refractivity contribution in [3.8, 4) is 0 Å². The number of aromatic nitrogens is 2. The van der Waals surface area contributed by atoms with Crippen LogP contribution in [-0.4, -0.2) is 35.5 Å². The fourth-order valence-corrected chi connectivity index (χ4v) is 2.44. The van der Waals surface area contributed by atoms with Gasteiger partial charge in [0.1, 0.15) is 5.02 Å². The number of nitrogens with one attached hydrogen (secondary N) is 1. The van der Waals surface area contributed by atoms with Crippen molar-refractivity contribution >= 4 is 29.3 Å². The first-order valence-corrected chi connectivity index (χ1v) is 6.80. The van der Waals surface area contributed by atoms with Crippen LogP contribution in [0.25, 0.3) is 0 Å². The number of rotatable bonds is 4. The number of carbonyl (C=O) groups is 1. The third-order valence-electron chi connectivity index (χ3n) is 3.18. The van der Waals surface area contributed by atoms with Crippen LogP contribution in [0.15, 0.2) is 6.20 Å². The highest BCUT2D eigenvalue weighted by atomic mass is 35.5. The average Bonchev–Trinajstić information content (AvgIpc) is 2.41. The first-order valence-electron chi connectivity index (χ1n) is 6.42. The zero-order valence-corrected chi connectivity index (χ0v) is 11.7. The van der Waals surface area contributed by atoms with Gasteiger partial charge in [-0.15, -0.1) is 0 Å². The van der Waals surface area contributed by atoms with E-state index in [9.17, 15) is 4.79 Å². The molecule has 1 aromatic heterocycles. The Bertz CT molecular complexity index is 467. The van der Waals surface area contributed by atoms with Gasteiger partial charge in [-0.2, -0.15) is 4.98 Å². The minimum absolute atomic E-state index is 0.137. The molecule has 3 N–H and O–H groups in total. The normalized spacial score (nSPS) is 19.3. The van der Waals surface area contributed by atoms with E-state index in [1.165, 1.54) is 0 Å². The molecule has 1 fully saturated rings. The second-order valence-electron chi connectivity index (χ2n) is 4.58. The van der Waals surface area contributed by atoms with Crippen molar-refractivity contribution in [3.05, 3.63) is 11.2 Å². The lowest BCUT2D eigenvalue weighted by molar-refractivity contribution is -0.122. The fraction of sp³-hybridized carbons (Fsp3) is 0.583. The van der Waals surface area contributed by atoms with Crippen LogP contribution in [0.5, 0.6) is 0 Å². The van der Waals surface area contributed by atoms with Gasteiger partial charge in [0.2, 0.25) is 11.9 Å². The Balaban J connectivity index is 2.20. The Morgan fingerprint density at radius 2 is 2.47 bits per heavy atom. The highest BCUT2D eigenvalue weighted by Crippen LogP contribution is 2.28. The van der Waals surface area contributed by atoms with Crippen molar-refractivity contribution in [2.45, 2.75) is 19.8 Å². The SMILES string of the molecule is CCNc1ncc(Cl)c(N2CCCC(C(N)=O)C2)n1. The molecule has 2 rings (SSSR count). The van der Waals surface area contributed by atoms with Gasteiger partial charge in [0.05, 0.1) is 12.1 Å². The summed E-state index contributed by atoms with van der Waals surface area (Å²) in [6, 6.07) is 0. The molecule has 0 aliphatic carbocycles. The molecule has 104 valence electrons. The van der Waals surface area contributed by atoms with Gasteiger partial charge in [-0.3, -0.25) is 4.79 Å². The molecule has 1 amide bonds. The third-order valence-corrected chi connectivity index (χ3v) is 3.45. The van der Waals surface area contributed by atoms with Crippen LogP contribution in [0.1, 0.15) is 19.8 Å². The van der Waals surface area contributed by atoms with Crippen molar-refractivity contribution in [1.82, 2.24) is 9.97 Å². The highest BCUT2D eigenvalue weighted by molar-refractivity contribution is 6.32. The molecular weight excluding hydrogens is 266 g/mol. The zero-order valence-electron chi connectivity index (χ0n) is 10.9. The first kappa shape index (κ1) is 13.9. The second kappa shape index (κ2) is 6.06. The Morgan fingerprint density at radius 3 is 3.16 bits per heavy atom. The number of nitrogens with zero attached hydrogens (tertiary/aromatic N) is 3. The van der Waals surface area contributed by atoms with Crippen molar-refractivity contribution < 1.29 is 4.79 Å². The smallest absolute Gasteiger partial charge is 0.224 e. The quantitative estimate of drug-likeness (QED) is 0.869. The van der Waals surface area contributed by atoms with Crippen LogP contribution >= 0.6 is 11.6 Å². The first-order chi connectivity index (χ1) is 9.11. The van der Waals surface area contributed by atoms with Gasteiger partial charge in [-0.1, -0.05) is 11.6 Å². The van der Waals surface area contributed by atoms with Crippen LogP contribution in [0.2, 0.25) is 5.02 Å². The monoisotopic (exact) mass is 283 g/mol. The fourth-order valence-electron chi connectivity index (χ4n) is 2.22. The van der Waals surface area contributed by atoms with Crippen LogP contribution in [0.3, 0.4) is 0 Å². The van der Waals surface area contributed by atoms with Gasteiger partial charge in [0.25, 0.3) is 0 Å². The minimum Gasteiger partial charge on any atom is -0.369 e. The van der Waals surface area contributed by atoms with Gasteiger partial charge in [0, 0.05) is 19.6 Å². The predicted molar refractivity (Wildman–Crippen MR) is 75.3 cm³/mol. The van der Waals surface area contributed by atoms with E-state index in [2.05, 4.69) is 15.3 Å². The maximum absolute atomic E-state index is 11.3. The number of hydrogen-bond donors (Lipinski definition) is 2. The molecule has 0 bridgehead atoms. The zero-order chi connectivity index (χ0) is 13.8. The van der Waals surface area contributed by atoms with Crippen molar-refractivity contribution in [3.63, 3.8) is 0 Å². The van der Waals surface area contributed by atoms with E-state index in [0.717, 1.165) is 25.9 Å². The van der Waals surface area contributed by atoms with E-state index in [4.69, 9.17) is 17.3 Å². The van der Waals surface area contributed by atoms with Crippen LogP contribution < -0.4 is 16.0 Å². The molecule has 0 aromatic carbocycles. The average molecular weight is 284 g/mol. The third kappa shape index (κ3) is 3.26. The summed E-state index contributed by atoms with van der Waals surface area (Å²) in [5.74, 6) is 0.811. The number of halogens is 1. The van der Waals surface area contributed by atoms with E-state index in [0.29, 0.717) is 23.3 Å². The maximum atomic E-state index is 11.3. The molecule has 2 heterocycles. The number of primary amides is 1. The molecule has 1 atom stereocenters. The van der Waals surface area contributed by atoms with Crippen molar-refractivity contribution in [1.29, 1.82) is 0 Å². The lowest BCUT2D eigenvalue weighted by atomic mass is 9.97. The van der Waals surface area contributed by atoms with Crippen LogP contribution in [-0.2, 0) is 4.79 Å². The van der Waals surface area contributed by atoms with E-state index >= 15 is 0 Å². The Kier molecular flexibility index (Phi) is 4.42. The van der Waals surface area contributed by atoms with Gasteiger partial charge >= 0.3 is 0 Å². The summed E-state index contributed by atoms with van der Waals surface area (Å²) in [4.78, 5) is 21.8.